The molecule has 0 fully saturated rings. The van der Waals surface area contributed by atoms with E-state index < -0.39 is 5.97 Å². The van der Waals surface area contributed by atoms with E-state index in [9.17, 15) is 4.79 Å². The molecule has 0 unspecified atom stereocenters. The number of carbonyl (C=O) groups is 1. The Morgan fingerprint density at radius 1 is 1.64 bits per heavy atom. The van der Waals surface area contributed by atoms with Gasteiger partial charge in [-0.2, -0.15) is 5.26 Å². The Bertz CT molecular complexity index is 393. The Hall–Kier alpha value is -1.50. The van der Waals surface area contributed by atoms with Gasteiger partial charge in [0.1, 0.15) is 0 Å². The second-order valence-electron chi connectivity index (χ2n) is 2.54. The van der Waals surface area contributed by atoms with E-state index in [2.05, 4.69) is 10.8 Å². The van der Waals surface area contributed by atoms with E-state index >= 15 is 0 Å². The summed E-state index contributed by atoms with van der Waals surface area (Å²) in [7, 11) is 0. The molecule has 0 saturated heterocycles. The molecule has 3 nitrogen and oxygen atoms in total. The summed E-state index contributed by atoms with van der Waals surface area (Å²) in [6.07, 6.45) is 5.44. The highest BCUT2D eigenvalue weighted by Crippen LogP contribution is 2.21. The van der Waals surface area contributed by atoms with Crippen molar-refractivity contribution in [2.24, 2.45) is 0 Å². The third kappa shape index (κ3) is 2.05. The molecule has 0 aliphatic carbocycles. The summed E-state index contributed by atoms with van der Waals surface area (Å²) in [5.74, 6) is 1.52. The largest absolute Gasteiger partial charge is 0.374 e. The smallest absolute Gasteiger partial charge is 0.295 e. The number of terminal acetylenes is 1. The molecule has 0 aromatic heterocycles. The van der Waals surface area contributed by atoms with Gasteiger partial charge in [-0.3, -0.25) is 4.89 Å². The zero-order chi connectivity index (χ0) is 10.6. The third-order valence-electron chi connectivity index (χ3n) is 1.67. The van der Waals surface area contributed by atoms with E-state index in [4.69, 9.17) is 23.3 Å². The molecule has 1 rings (SSSR count). The van der Waals surface area contributed by atoms with Crippen LogP contribution in [-0.4, -0.2) is 11.2 Å². The van der Waals surface area contributed by atoms with E-state index in [1.54, 1.807) is 12.1 Å². The molecule has 0 radical (unpaired) electrons. The van der Waals surface area contributed by atoms with Gasteiger partial charge in [0.2, 0.25) is 0 Å². The van der Waals surface area contributed by atoms with Crippen LogP contribution in [0.2, 0.25) is 5.02 Å². The molecule has 0 spiro atoms. The summed E-state index contributed by atoms with van der Waals surface area (Å²) in [6.45, 7) is 0. The van der Waals surface area contributed by atoms with Crippen molar-refractivity contribution in [1.29, 1.82) is 0 Å². The van der Waals surface area contributed by atoms with Crippen molar-refractivity contribution in [3.05, 3.63) is 34.3 Å². The van der Waals surface area contributed by atoms with Crippen LogP contribution in [0.5, 0.6) is 0 Å². The molecule has 14 heavy (non-hydrogen) atoms. The fourth-order valence-electron chi connectivity index (χ4n) is 1.03. The first kappa shape index (κ1) is 10.6. The second-order valence-corrected chi connectivity index (χ2v) is 2.92. The van der Waals surface area contributed by atoms with Crippen LogP contribution in [0.3, 0.4) is 0 Å². The molecule has 1 aromatic rings. The Labute approximate surface area is 86.2 Å². The molecule has 1 aromatic carbocycles. The lowest BCUT2D eigenvalue weighted by Gasteiger charge is -2.04. The minimum absolute atomic E-state index is 0.0990. The molecular formula is C10H7ClO3. The predicted octanol–water partition coefficient (Wildman–Crippen LogP) is 2.15. The van der Waals surface area contributed by atoms with E-state index in [0.29, 0.717) is 12.0 Å². The van der Waals surface area contributed by atoms with Gasteiger partial charge in [0.15, 0.2) is 0 Å². The SMILES string of the molecule is C#CCc1cccc(C(=O)OO)c1Cl. The maximum Gasteiger partial charge on any atom is 0.374 e. The van der Waals surface area contributed by atoms with Crippen molar-refractivity contribution in [3.63, 3.8) is 0 Å². The number of hydrogen-bond donors (Lipinski definition) is 1. The highest BCUT2D eigenvalue weighted by Gasteiger charge is 2.13. The summed E-state index contributed by atoms with van der Waals surface area (Å²) in [5.41, 5.74) is 0.749. The average molecular weight is 211 g/mol. The highest BCUT2D eigenvalue weighted by molar-refractivity contribution is 6.34. The Morgan fingerprint density at radius 3 is 2.93 bits per heavy atom. The number of hydrogen-bond acceptors (Lipinski definition) is 3. The fraction of sp³-hybridized carbons (Fsp3) is 0.100. The van der Waals surface area contributed by atoms with Gasteiger partial charge in [-0.25, -0.2) is 4.79 Å². The quantitative estimate of drug-likeness (QED) is 0.462. The van der Waals surface area contributed by atoms with Crippen LogP contribution in [-0.2, 0) is 11.3 Å². The van der Waals surface area contributed by atoms with Gasteiger partial charge in [-0.15, -0.1) is 12.3 Å². The van der Waals surface area contributed by atoms with E-state index in [1.165, 1.54) is 6.07 Å². The molecule has 4 heteroatoms. The Morgan fingerprint density at radius 2 is 2.36 bits per heavy atom. The monoisotopic (exact) mass is 210 g/mol. The standard InChI is InChI=1S/C10H7ClO3/c1-2-4-7-5-3-6-8(9(7)11)10(12)14-13/h1,3,5-6,13H,4H2. The minimum Gasteiger partial charge on any atom is -0.295 e. The van der Waals surface area contributed by atoms with Gasteiger partial charge in [0.25, 0.3) is 0 Å². The van der Waals surface area contributed by atoms with Gasteiger partial charge in [-0.05, 0) is 11.6 Å². The first-order valence-corrected chi connectivity index (χ1v) is 4.15. The zero-order valence-corrected chi connectivity index (χ0v) is 7.91. The fourth-order valence-corrected chi connectivity index (χ4v) is 1.30. The molecule has 0 saturated carbocycles. The van der Waals surface area contributed by atoms with Gasteiger partial charge in [0.05, 0.1) is 10.6 Å². The van der Waals surface area contributed by atoms with Crippen molar-refractivity contribution in [2.75, 3.05) is 0 Å². The molecule has 0 amide bonds. The van der Waals surface area contributed by atoms with Crippen LogP contribution in [0.1, 0.15) is 15.9 Å². The number of halogens is 1. The van der Waals surface area contributed by atoms with Crippen molar-refractivity contribution >= 4 is 17.6 Å². The van der Waals surface area contributed by atoms with Crippen molar-refractivity contribution in [2.45, 2.75) is 6.42 Å². The molecule has 72 valence electrons. The lowest BCUT2D eigenvalue weighted by Crippen LogP contribution is -2.03. The third-order valence-corrected chi connectivity index (χ3v) is 2.12. The maximum atomic E-state index is 11.0. The van der Waals surface area contributed by atoms with Gasteiger partial charge in [-0.1, -0.05) is 23.7 Å². The lowest BCUT2D eigenvalue weighted by molar-refractivity contribution is -0.182. The number of rotatable bonds is 2. The lowest BCUT2D eigenvalue weighted by atomic mass is 10.1. The Balaban J connectivity index is 3.15. The summed E-state index contributed by atoms with van der Waals surface area (Å²) in [4.78, 5) is 14.6. The highest BCUT2D eigenvalue weighted by atomic mass is 35.5. The average Bonchev–Trinajstić information content (AvgIpc) is 2.20. The van der Waals surface area contributed by atoms with Crippen LogP contribution in [0.4, 0.5) is 0 Å². The van der Waals surface area contributed by atoms with Crippen LogP contribution in [0, 0.1) is 12.3 Å². The molecular weight excluding hydrogens is 204 g/mol. The van der Waals surface area contributed by atoms with Gasteiger partial charge < -0.3 is 0 Å². The molecule has 0 bridgehead atoms. The normalized spacial score (nSPS) is 9.21. The second kappa shape index (κ2) is 4.66. The van der Waals surface area contributed by atoms with Crippen LogP contribution >= 0.6 is 11.6 Å². The van der Waals surface area contributed by atoms with Gasteiger partial charge >= 0.3 is 5.97 Å². The van der Waals surface area contributed by atoms with Crippen molar-refractivity contribution in [1.82, 2.24) is 0 Å². The van der Waals surface area contributed by atoms with E-state index in [1.807, 2.05) is 0 Å². The van der Waals surface area contributed by atoms with Crippen LogP contribution in [0.15, 0.2) is 18.2 Å². The van der Waals surface area contributed by atoms with Crippen LogP contribution < -0.4 is 0 Å². The van der Waals surface area contributed by atoms with E-state index in [0.717, 1.165) is 0 Å². The van der Waals surface area contributed by atoms with Crippen LogP contribution in [0.25, 0.3) is 0 Å². The van der Waals surface area contributed by atoms with Crippen molar-refractivity contribution < 1.29 is 14.9 Å². The molecule has 0 heterocycles. The zero-order valence-electron chi connectivity index (χ0n) is 7.16. The molecule has 1 N–H and O–H groups in total. The topological polar surface area (TPSA) is 46.5 Å². The van der Waals surface area contributed by atoms with Gasteiger partial charge in [0, 0.05) is 6.42 Å². The molecule has 0 aliphatic rings. The number of benzene rings is 1. The Kier molecular flexibility index (Phi) is 3.52. The summed E-state index contributed by atoms with van der Waals surface area (Å²) < 4.78 is 0. The summed E-state index contributed by atoms with van der Waals surface area (Å²) in [6, 6.07) is 4.77. The first-order chi connectivity index (χ1) is 6.70. The summed E-state index contributed by atoms with van der Waals surface area (Å²) >= 11 is 5.85. The predicted molar refractivity (Wildman–Crippen MR) is 52.0 cm³/mol. The molecule has 0 atom stereocenters. The first-order valence-electron chi connectivity index (χ1n) is 3.77. The minimum atomic E-state index is -0.895. The maximum absolute atomic E-state index is 11.0. The summed E-state index contributed by atoms with van der Waals surface area (Å²) in [5, 5.41) is 8.40. The number of carbonyl (C=O) groups excluding carboxylic acids is 1. The molecule has 0 aliphatic heterocycles. The van der Waals surface area contributed by atoms with Crippen molar-refractivity contribution in [3.8, 4) is 12.3 Å². The van der Waals surface area contributed by atoms with E-state index in [-0.39, 0.29) is 10.6 Å².